The van der Waals surface area contributed by atoms with E-state index in [9.17, 15) is 4.39 Å². The highest BCUT2D eigenvalue weighted by Gasteiger charge is 2.44. The van der Waals surface area contributed by atoms with Gasteiger partial charge in [0, 0.05) is 44.2 Å². The van der Waals surface area contributed by atoms with Gasteiger partial charge in [-0.2, -0.15) is 0 Å². The molecule has 2 aliphatic rings. The van der Waals surface area contributed by atoms with Crippen molar-refractivity contribution < 1.29 is 4.39 Å². The standard InChI is InChI=1S/C20H31FN4.HI/c1-15(2)25(18-7-8-18)12-11-23-19(22-3)24-14-20(9-10-20)16-5-4-6-17(21)13-16;/h4-6,13,15,18H,7-12,14H2,1-3H3,(H2,22,23,24);1H. The number of halogens is 2. The molecule has 6 heteroatoms. The monoisotopic (exact) mass is 474 g/mol. The molecule has 2 saturated carbocycles. The van der Waals surface area contributed by atoms with Crippen LogP contribution in [0.15, 0.2) is 29.3 Å². The minimum absolute atomic E-state index is 0. The zero-order valence-corrected chi connectivity index (χ0v) is 18.4. The molecule has 0 atom stereocenters. The van der Waals surface area contributed by atoms with Gasteiger partial charge in [-0.15, -0.1) is 24.0 Å². The van der Waals surface area contributed by atoms with E-state index in [0.29, 0.717) is 6.04 Å². The lowest BCUT2D eigenvalue weighted by Crippen LogP contribution is -2.45. The predicted molar refractivity (Wildman–Crippen MR) is 117 cm³/mol. The highest BCUT2D eigenvalue weighted by Crippen LogP contribution is 2.47. The second-order valence-corrected chi connectivity index (χ2v) is 7.71. The fourth-order valence-corrected chi connectivity index (χ4v) is 3.58. The Morgan fingerprint density at radius 2 is 2.04 bits per heavy atom. The van der Waals surface area contributed by atoms with Crippen molar-refractivity contribution >= 4 is 29.9 Å². The molecule has 2 N–H and O–H groups in total. The zero-order chi connectivity index (χ0) is 17.9. The van der Waals surface area contributed by atoms with Crippen LogP contribution in [0.3, 0.4) is 0 Å². The van der Waals surface area contributed by atoms with Crippen molar-refractivity contribution in [2.75, 3.05) is 26.7 Å². The van der Waals surface area contributed by atoms with Crippen LogP contribution >= 0.6 is 24.0 Å². The van der Waals surface area contributed by atoms with Gasteiger partial charge in [0.2, 0.25) is 0 Å². The molecule has 0 saturated heterocycles. The Labute approximate surface area is 174 Å². The van der Waals surface area contributed by atoms with E-state index in [-0.39, 0.29) is 35.2 Å². The molecule has 2 fully saturated rings. The van der Waals surface area contributed by atoms with Crippen molar-refractivity contribution in [1.82, 2.24) is 15.5 Å². The maximum absolute atomic E-state index is 13.5. The van der Waals surface area contributed by atoms with Gasteiger partial charge in [-0.3, -0.25) is 9.89 Å². The predicted octanol–water partition coefficient (Wildman–Crippen LogP) is 3.51. The molecule has 3 rings (SSSR count). The summed E-state index contributed by atoms with van der Waals surface area (Å²) in [6.07, 6.45) is 4.87. The zero-order valence-electron chi connectivity index (χ0n) is 16.1. The third-order valence-electron chi connectivity index (χ3n) is 5.45. The molecule has 0 aromatic heterocycles. The van der Waals surface area contributed by atoms with Crippen LogP contribution in [-0.2, 0) is 5.41 Å². The lowest BCUT2D eigenvalue weighted by molar-refractivity contribution is 0.215. The lowest BCUT2D eigenvalue weighted by Gasteiger charge is -2.27. The van der Waals surface area contributed by atoms with Gasteiger partial charge in [0.1, 0.15) is 5.82 Å². The largest absolute Gasteiger partial charge is 0.356 e. The second-order valence-electron chi connectivity index (χ2n) is 7.71. The van der Waals surface area contributed by atoms with E-state index in [2.05, 4.69) is 34.4 Å². The van der Waals surface area contributed by atoms with Crippen molar-refractivity contribution in [2.45, 2.75) is 57.0 Å². The molecule has 0 heterocycles. The Morgan fingerprint density at radius 1 is 1.31 bits per heavy atom. The van der Waals surface area contributed by atoms with Crippen LogP contribution in [0.25, 0.3) is 0 Å². The molecule has 0 spiro atoms. The highest BCUT2D eigenvalue weighted by atomic mass is 127. The first kappa shape index (κ1) is 21.4. The number of guanidine groups is 1. The average molecular weight is 474 g/mol. The Morgan fingerprint density at radius 3 is 2.58 bits per heavy atom. The van der Waals surface area contributed by atoms with Crippen LogP contribution in [0.5, 0.6) is 0 Å². The molecule has 1 aromatic rings. The van der Waals surface area contributed by atoms with Crippen molar-refractivity contribution in [3.63, 3.8) is 0 Å². The van der Waals surface area contributed by atoms with Gasteiger partial charge in [-0.05, 0) is 57.2 Å². The number of hydrogen-bond donors (Lipinski definition) is 2. The number of rotatable bonds is 8. The summed E-state index contributed by atoms with van der Waals surface area (Å²) >= 11 is 0. The van der Waals surface area contributed by atoms with Crippen LogP contribution in [-0.4, -0.2) is 49.6 Å². The van der Waals surface area contributed by atoms with E-state index in [1.54, 1.807) is 19.2 Å². The lowest BCUT2D eigenvalue weighted by atomic mass is 9.96. The van der Waals surface area contributed by atoms with Gasteiger partial charge in [-0.25, -0.2) is 4.39 Å². The molecule has 0 radical (unpaired) electrons. The van der Waals surface area contributed by atoms with E-state index in [4.69, 9.17) is 0 Å². The Hall–Kier alpha value is -0.890. The SMILES string of the molecule is CN=C(NCCN(C(C)C)C1CC1)NCC1(c2cccc(F)c2)CC1.I. The van der Waals surface area contributed by atoms with Crippen LogP contribution in [0.4, 0.5) is 4.39 Å². The summed E-state index contributed by atoms with van der Waals surface area (Å²) < 4.78 is 13.5. The smallest absolute Gasteiger partial charge is 0.191 e. The Kier molecular flexibility index (Phi) is 7.70. The van der Waals surface area contributed by atoms with Crippen LogP contribution < -0.4 is 10.6 Å². The second kappa shape index (κ2) is 9.35. The normalized spacial score (nSPS) is 18.6. The summed E-state index contributed by atoms with van der Waals surface area (Å²) in [4.78, 5) is 6.90. The minimum atomic E-state index is -0.153. The molecule has 0 bridgehead atoms. The molecular weight excluding hydrogens is 442 g/mol. The van der Waals surface area contributed by atoms with Crippen LogP contribution in [0.1, 0.15) is 45.1 Å². The third kappa shape index (κ3) is 5.55. The summed E-state index contributed by atoms with van der Waals surface area (Å²) in [6.45, 7) is 7.26. The number of hydrogen-bond acceptors (Lipinski definition) is 2. The Bertz CT molecular complexity index is 610. The maximum Gasteiger partial charge on any atom is 0.191 e. The molecule has 2 aliphatic carbocycles. The summed E-state index contributed by atoms with van der Waals surface area (Å²) in [5.41, 5.74) is 1.16. The topological polar surface area (TPSA) is 39.7 Å². The van der Waals surface area contributed by atoms with E-state index in [1.807, 2.05) is 6.07 Å². The van der Waals surface area contributed by atoms with Gasteiger partial charge in [0.05, 0.1) is 0 Å². The van der Waals surface area contributed by atoms with E-state index in [1.165, 1.54) is 18.9 Å². The quantitative estimate of drug-likeness (QED) is 0.344. The number of nitrogens with zero attached hydrogens (tertiary/aromatic N) is 2. The Balaban J connectivity index is 0.00000243. The molecule has 0 amide bonds. The molecular formula is C20H32FIN4. The van der Waals surface area contributed by atoms with E-state index < -0.39 is 0 Å². The fraction of sp³-hybridized carbons (Fsp3) is 0.650. The van der Waals surface area contributed by atoms with Gasteiger partial charge in [0.15, 0.2) is 5.96 Å². The molecule has 4 nitrogen and oxygen atoms in total. The molecule has 146 valence electrons. The number of nitrogens with one attached hydrogen (secondary N) is 2. The van der Waals surface area contributed by atoms with Gasteiger partial charge < -0.3 is 10.6 Å². The van der Waals surface area contributed by atoms with Crippen molar-refractivity contribution in [1.29, 1.82) is 0 Å². The summed E-state index contributed by atoms with van der Waals surface area (Å²) in [6, 6.07) is 8.38. The average Bonchev–Trinajstić information content (AvgIpc) is 3.48. The van der Waals surface area contributed by atoms with Crippen molar-refractivity contribution in [3.05, 3.63) is 35.6 Å². The van der Waals surface area contributed by atoms with Gasteiger partial charge in [0.25, 0.3) is 0 Å². The molecule has 26 heavy (non-hydrogen) atoms. The first-order chi connectivity index (χ1) is 12.0. The van der Waals surface area contributed by atoms with Crippen molar-refractivity contribution in [3.8, 4) is 0 Å². The minimum Gasteiger partial charge on any atom is -0.356 e. The first-order valence-corrected chi connectivity index (χ1v) is 9.50. The summed E-state index contributed by atoms with van der Waals surface area (Å²) in [5.74, 6) is 0.683. The van der Waals surface area contributed by atoms with Gasteiger partial charge in [-0.1, -0.05) is 12.1 Å². The first-order valence-electron chi connectivity index (χ1n) is 9.50. The van der Waals surface area contributed by atoms with Crippen molar-refractivity contribution in [2.24, 2.45) is 4.99 Å². The van der Waals surface area contributed by atoms with Crippen LogP contribution in [0, 0.1) is 5.82 Å². The van der Waals surface area contributed by atoms with Gasteiger partial charge >= 0.3 is 0 Å². The van der Waals surface area contributed by atoms with E-state index >= 15 is 0 Å². The third-order valence-corrected chi connectivity index (χ3v) is 5.45. The van der Waals surface area contributed by atoms with Crippen LogP contribution in [0.2, 0.25) is 0 Å². The van der Waals surface area contributed by atoms with E-state index in [0.717, 1.165) is 50.0 Å². The highest BCUT2D eigenvalue weighted by molar-refractivity contribution is 14.0. The molecule has 1 aromatic carbocycles. The summed E-state index contributed by atoms with van der Waals surface area (Å²) in [7, 11) is 1.80. The maximum atomic E-state index is 13.5. The number of benzene rings is 1. The fourth-order valence-electron chi connectivity index (χ4n) is 3.58. The molecule has 0 aliphatic heterocycles. The summed E-state index contributed by atoms with van der Waals surface area (Å²) in [5, 5.41) is 6.86. The molecule has 0 unspecified atom stereocenters. The number of aliphatic imine (C=N–C) groups is 1.